The third kappa shape index (κ3) is 2.07. The topological polar surface area (TPSA) is 56.7 Å². The molecular weight excluding hydrogens is 276 g/mol. The van der Waals surface area contributed by atoms with Crippen LogP contribution in [0.25, 0.3) is 22.6 Å². The molecule has 0 aliphatic rings. The molecule has 0 radical (unpaired) electrons. The minimum atomic E-state index is 0.684. The van der Waals surface area contributed by atoms with Crippen molar-refractivity contribution in [2.24, 2.45) is 0 Å². The van der Waals surface area contributed by atoms with Gasteiger partial charge in [-0.3, -0.25) is 4.98 Å². The summed E-state index contributed by atoms with van der Waals surface area (Å²) < 4.78 is 7.55. The predicted molar refractivity (Wildman–Crippen MR) is 83.3 cm³/mol. The SMILES string of the molecule is Cc1cnoc1-c1nc2ccccc2n1Cc1cccnc1. The van der Waals surface area contributed by atoms with Gasteiger partial charge >= 0.3 is 0 Å². The lowest BCUT2D eigenvalue weighted by Crippen LogP contribution is -2.02. The summed E-state index contributed by atoms with van der Waals surface area (Å²) in [6, 6.07) is 12.1. The van der Waals surface area contributed by atoms with Crippen molar-refractivity contribution in [3.63, 3.8) is 0 Å². The molecule has 108 valence electrons. The van der Waals surface area contributed by atoms with Crippen LogP contribution in [0.15, 0.2) is 59.5 Å². The summed E-state index contributed by atoms with van der Waals surface area (Å²) in [7, 11) is 0. The van der Waals surface area contributed by atoms with E-state index in [1.54, 1.807) is 12.4 Å². The number of nitrogens with zero attached hydrogens (tertiary/aromatic N) is 4. The molecule has 0 N–H and O–H groups in total. The second-order valence-electron chi connectivity index (χ2n) is 5.21. The second kappa shape index (κ2) is 5.11. The van der Waals surface area contributed by atoms with Crippen molar-refractivity contribution in [3.8, 4) is 11.6 Å². The molecule has 0 saturated carbocycles. The van der Waals surface area contributed by atoms with E-state index >= 15 is 0 Å². The van der Waals surface area contributed by atoms with Gasteiger partial charge in [-0.25, -0.2) is 4.98 Å². The number of aromatic nitrogens is 4. The summed E-state index contributed by atoms with van der Waals surface area (Å²) in [5.74, 6) is 1.50. The third-order valence-corrected chi connectivity index (χ3v) is 3.67. The van der Waals surface area contributed by atoms with Crippen molar-refractivity contribution in [1.82, 2.24) is 19.7 Å². The first-order valence-electron chi connectivity index (χ1n) is 7.09. The van der Waals surface area contributed by atoms with Gasteiger partial charge < -0.3 is 9.09 Å². The molecule has 3 aromatic heterocycles. The molecular formula is C17H14N4O. The van der Waals surface area contributed by atoms with E-state index in [1.165, 1.54) is 0 Å². The first-order chi connectivity index (χ1) is 10.8. The minimum absolute atomic E-state index is 0.684. The number of hydrogen-bond donors (Lipinski definition) is 0. The molecule has 0 bridgehead atoms. The summed E-state index contributed by atoms with van der Waals surface area (Å²) in [6.45, 7) is 2.66. The van der Waals surface area contributed by atoms with Gasteiger partial charge in [-0.2, -0.15) is 0 Å². The Morgan fingerprint density at radius 3 is 2.77 bits per heavy atom. The zero-order valence-corrected chi connectivity index (χ0v) is 12.1. The standard InChI is InChI=1S/C17H14N4O/c1-12-9-19-22-16(12)17-20-14-6-2-3-7-15(14)21(17)11-13-5-4-8-18-10-13/h2-10H,11H2,1H3. The Morgan fingerprint density at radius 1 is 1.09 bits per heavy atom. The summed E-state index contributed by atoms with van der Waals surface area (Å²) in [5, 5.41) is 3.88. The monoisotopic (exact) mass is 290 g/mol. The molecule has 0 spiro atoms. The lowest BCUT2D eigenvalue weighted by molar-refractivity contribution is 0.427. The molecule has 0 atom stereocenters. The molecule has 4 aromatic rings. The molecule has 3 heterocycles. The Balaban J connectivity index is 1.93. The molecule has 5 heteroatoms. The summed E-state index contributed by atoms with van der Waals surface area (Å²) in [5.41, 5.74) is 4.10. The number of pyridine rings is 1. The van der Waals surface area contributed by atoms with Crippen molar-refractivity contribution in [1.29, 1.82) is 0 Å². The Morgan fingerprint density at radius 2 is 2.00 bits per heavy atom. The third-order valence-electron chi connectivity index (χ3n) is 3.67. The van der Waals surface area contributed by atoms with Gasteiger partial charge in [0, 0.05) is 18.0 Å². The van der Waals surface area contributed by atoms with E-state index in [0.717, 1.165) is 28.0 Å². The van der Waals surface area contributed by atoms with Crippen LogP contribution in [0, 0.1) is 6.92 Å². The van der Waals surface area contributed by atoms with Crippen LogP contribution >= 0.6 is 0 Å². The highest BCUT2D eigenvalue weighted by molar-refractivity contribution is 5.80. The lowest BCUT2D eigenvalue weighted by Gasteiger charge is -2.07. The summed E-state index contributed by atoms with van der Waals surface area (Å²) in [4.78, 5) is 8.91. The number of para-hydroxylation sites is 2. The van der Waals surface area contributed by atoms with E-state index in [1.807, 2.05) is 37.4 Å². The number of fused-ring (bicyclic) bond motifs is 1. The second-order valence-corrected chi connectivity index (χ2v) is 5.21. The molecule has 0 fully saturated rings. The maximum Gasteiger partial charge on any atom is 0.205 e. The van der Waals surface area contributed by atoms with Gasteiger partial charge in [0.15, 0.2) is 5.82 Å². The Hall–Kier alpha value is -2.95. The van der Waals surface area contributed by atoms with Crippen molar-refractivity contribution in [2.75, 3.05) is 0 Å². The summed E-state index contributed by atoms with van der Waals surface area (Å²) in [6.07, 6.45) is 5.35. The van der Waals surface area contributed by atoms with Crippen molar-refractivity contribution in [2.45, 2.75) is 13.5 Å². The molecule has 0 unspecified atom stereocenters. The number of aryl methyl sites for hydroxylation is 1. The molecule has 4 rings (SSSR count). The highest BCUT2D eigenvalue weighted by Crippen LogP contribution is 2.27. The number of imidazole rings is 1. The van der Waals surface area contributed by atoms with E-state index in [9.17, 15) is 0 Å². The van der Waals surface area contributed by atoms with Gasteiger partial charge in [0.25, 0.3) is 0 Å². The van der Waals surface area contributed by atoms with Crippen LogP contribution in [0.2, 0.25) is 0 Å². The minimum Gasteiger partial charge on any atom is -0.353 e. The van der Waals surface area contributed by atoms with E-state index in [0.29, 0.717) is 12.3 Å². The van der Waals surface area contributed by atoms with Crippen LogP contribution in [-0.2, 0) is 6.54 Å². The van der Waals surface area contributed by atoms with Gasteiger partial charge in [-0.1, -0.05) is 23.4 Å². The fourth-order valence-electron chi connectivity index (χ4n) is 2.59. The van der Waals surface area contributed by atoms with Crippen LogP contribution in [0.4, 0.5) is 0 Å². The van der Waals surface area contributed by atoms with Crippen molar-refractivity contribution < 1.29 is 4.52 Å². The van der Waals surface area contributed by atoms with E-state index < -0.39 is 0 Å². The Bertz CT molecular complexity index is 924. The van der Waals surface area contributed by atoms with Crippen LogP contribution in [0.5, 0.6) is 0 Å². The molecule has 0 amide bonds. The van der Waals surface area contributed by atoms with E-state index in [-0.39, 0.29) is 0 Å². The Labute approximate surface area is 127 Å². The van der Waals surface area contributed by atoms with Crippen LogP contribution in [-0.4, -0.2) is 19.7 Å². The maximum atomic E-state index is 5.41. The van der Waals surface area contributed by atoms with Crippen LogP contribution < -0.4 is 0 Å². The molecule has 0 aliphatic heterocycles. The zero-order valence-electron chi connectivity index (χ0n) is 12.1. The van der Waals surface area contributed by atoms with Gasteiger partial charge in [0.2, 0.25) is 5.76 Å². The average molecular weight is 290 g/mol. The van der Waals surface area contributed by atoms with E-state index in [2.05, 4.69) is 26.8 Å². The van der Waals surface area contributed by atoms with E-state index in [4.69, 9.17) is 9.51 Å². The predicted octanol–water partition coefficient (Wildman–Crippen LogP) is 3.44. The molecule has 5 nitrogen and oxygen atoms in total. The van der Waals surface area contributed by atoms with Gasteiger partial charge in [-0.15, -0.1) is 0 Å². The fraction of sp³-hybridized carbons (Fsp3) is 0.118. The van der Waals surface area contributed by atoms with Crippen LogP contribution in [0.1, 0.15) is 11.1 Å². The molecule has 22 heavy (non-hydrogen) atoms. The first-order valence-corrected chi connectivity index (χ1v) is 7.09. The maximum absolute atomic E-state index is 5.41. The first kappa shape index (κ1) is 12.8. The largest absolute Gasteiger partial charge is 0.353 e. The smallest absolute Gasteiger partial charge is 0.205 e. The van der Waals surface area contributed by atoms with Gasteiger partial charge in [-0.05, 0) is 30.7 Å². The number of rotatable bonds is 3. The van der Waals surface area contributed by atoms with Crippen molar-refractivity contribution >= 4 is 11.0 Å². The quantitative estimate of drug-likeness (QED) is 0.580. The average Bonchev–Trinajstić information content (AvgIpc) is 3.12. The lowest BCUT2D eigenvalue weighted by atomic mass is 10.2. The molecule has 0 aliphatic carbocycles. The number of hydrogen-bond acceptors (Lipinski definition) is 4. The fourth-order valence-corrected chi connectivity index (χ4v) is 2.59. The Kier molecular flexibility index (Phi) is 2.96. The zero-order chi connectivity index (χ0) is 14.9. The van der Waals surface area contributed by atoms with Gasteiger partial charge in [0.1, 0.15) is 0 Å². The molecule has 1 aromatic carbocycles. The molecule has 0 saturated heterocycles. The van der Waals surface area contributed by atoms with Gasteiger partial charge in [0.05, 0.1) is 23.8 Å². The summed E-state index contributed by atoms with van der Waals surface area (Å²) >= 11 is 0. The van der Waals surface area contributed by atoms with Crippen LogP contribution in [0.3, 0.4) is 0 Å². The highest BCUT2D eigenvalue weighted by atomic mass is 16.5. The normalized spacial score (nSPS) is 11.1. The van der Waals surface area contributed by atoms with Crippen molar-refractivity contribution in [3.05, 3.63) is 66.1 Å². The number of benzene rings is 1. The highest BCUT2D eigenvalue weighted by Gasteiger charge is 2.17.